The van der Waals surface area contributed by atoms with E-state index in [4.69, 9.17) is 9.47 Å². The van der Waals surface area contributed by atoms with Crippen LogP contribution in [0.2, 0.25) is 0 Å². The van der Waals surface area contributed by atoms with Crippen molar-refractivity contribution in [1.29, 1.82) is 0 Å². The average Bonchev–Trinajstić information content (AvgIpc) is 3.47. The number of alkyl halides is 2. The van der Waals surface area contributed by atoms with Gasteiger partial charge in [-0.15, -0.1) is 0 Å². The number of ether oxygens (including phenoxy) is 2. The SMILES string of the molecule is C[C@H](CC(=O)c1cnn(C)c1)c1ccc(OC2CCN(c3ccnc(OCC(F)F)c3)C2)cc1. The molecule has 0 saturated carbocycles. The summed E-state index contributed by atoms with van der Waals surface area (Å²) in [5.41, 5.74) is 2.57. The number of rotatable bonds is 10. The van der Waals surface area contributed by atoms with Crippen molar-refractivity contribution in [3.8, 4) is 11.6 Å². The molecule has 0 N–H and O–H groups in total. The molecule has 1 aromatic carbocycles. The Morgan fingerprint density at radius 2 is 2.03 bits per heavy atom. The van der Waals surface area contributed by atoms with Gasteiger partial charge in [0.05, 0.1) is 18.3 Å². The third-order valence-electron chi connectivity index (χ3n) is 5.86. The first-order valence-corrected chi connectivity index (χ1v) is 11.3. The van der Waals surface area contributed by atoms with Crippen LogP contribution in [0.3, 0.4) is 0 Å². The lowest BCUT2D eigenvalue weighted by Gasteiger charge is -2.20. The van der Waals surface area contributed by atoms with Crippen LogP contribution in [0.25, 0.3) is 0 Å². The van der Waals surface area contributed by atoms with Gasteiger partial charge in [-0.3, -0.25) is 9.48 Å². The minimum absolute atomic E-state index is 0.00836. The topological polar surface area (TPSA) is 69.5 Å². The van der Waals surface area contributed by atoms with Crippen LogP contribution in [-0.2, 0) is 7.05 Å². The highest BCUT2D eigenvalue weighted by atomic mass is 19.3. The molecule has 0 bridgehead atoms. The van der Waals surface area contributed by atoms with Gasteiger partial charge in [0.1, 0.15) is 11.9 Å². The van der Waals surface area contributed by atoms with Crippen LogP contribution in [0.5, 0.6) is 11.6 Å². The van der Waals surface area contributed by atoms with E-state index in [1.807, 2.05) is 37.3 Å². The number of aryl methyl sites for hydroxylation is 1. The van der Waals surface area contributed by atoms with Gasteiger partial charge in [-0.1, -0.05) is 19.1 Å². The van der Waals surface area contributed by atoms with Crippen molar-refractivity contribution in [1.82, 2.24) is 14.8 Å². The molecule has 2 aromatic heterocycles. The van der Waals surface area contributed by atoms with Gasteiger partial charge < -0.3 is 14.4 Å². The molecule has 2 atom stereocenters. The Balaban J connectivity index is 1.29. The van der Waals surface area contributed by atoms with Gasteiger partial charge in [0.15, 0.2) is 12.4 Å². The normalized spacial score (nSPS) is 16.6. The summed E-state index contributed by atoms with van der Waals surface area (Å²) in [6.07, 6.45) is 3.62. The van der Waals surface area contributed by atoms with Crippen LogP contribution in [0.1, 0.15) is 41.6 Å². The highest BCUT2D eigenvalue weighted by molar-refractivity contribution is 5.96. The zero-order chi connectivity index (χ0) is 24.1. The van der Waals surface area contributed by atoms with Crippen molar-refractivity contribution in [2.75, 3.05) is 24.6 Å². The molecule has 1 fully saturated rings. The molecule has 1 unspecified atom stereocenters. The molecule has 0 amide bonds. The van der Waals surface area contributed by atoms with Crippen LogP contribution >= 0.6 is 0 Å². The molecule has 0 spiro atoms. The van der Waals surface area contributed by atoms with Crippen molar-refractivity contribution in [2.45, 2.75) is 38.2 Å². The molecular weight excluding hydrogens is 442 g/mol. The maximum atomic E-state index is 12.4. The summed E-state index contributed by atoms with van der Waals surface area (Å²) >= 11 is 0. The van der Waals surface area contributed by atoms with E-state index in [0.717, 1.165) is 30.0 Å². The second-order valence-electron chi connectivity index (χ2n) is 8.53. The number of benzene rings is 1. The molecule has 3 heterocycles. The molecule has 180 valence electrons. The predicted molar refractivity (Wildman–Crippen MR) is 124 cm³/mol. The van der Waals surface area contributed by atoms with Crippen LogP contribution in [0.15, 0.2) is 55.0 Å². The minimum atomic E-state index is -2.54. The Hall–Kier alpha value is -3.49. The van der Waals surface area contributed by atoms with E-state index >= 15 is 0 Å². The molecule has 0 aliphatic carbocycles. The van der Waals surface area contributed by atoms with E-state index in [9.17, 15) is 13.6 Å². The zero-order valence-corrected chi connectivity index (χ0v) is 19.2. The lowest BCUT2D eigenvalue weighted by atomic mass is 9.94. The molecule has 1 aliphatic heterocycles. The van der Waals surface area contributed by atoms with E-state index in [2.05, 4.69) is 15.0 Å². The van der Waals surface area contributed by atoms with Gasteiger partial charge in [-0.2, -0.15) is 5.10 Å². The molecule has 3 aromatic rings. The summed E-state index contributed by atoms with van der Waals surface area (Å²) in [4.78, 5) is 18.6. The van der Waals surface area contributed by atoms with E-state index in [1.54, 1.807) is 36.4 Å². The smallest absolute Gasteiger partial charge is 0.272 e. The van der Waals surface area contributed by atoms with Crippen LogP contribution in [0.4, 0.5) is 14.5 Å². The molecule has 7 nitrogen and oxygen atoms in total. The second kappa shape index (κ2) is 10.6. The number of nitrogens with zero attached hydrogens (tertiary/aromatic N) is 4. The Labute approximate surface area is 197 Å². The molecule has 1 saturated heterocycles. The number of carbonyl (C=O) groups is 1. The number of anilines is 1. The van der Waals surface area contributed by atoms with Crippen molar-refractivity contribution < 1.29 is 23.0 Å². The van der Waals surface area contributed by atoms with Gasteiger partial charge in [-0.25, -0.2) is 13.8 Å². The summed E-state index contributed by atoms with van der Waals surface area (Å²) in [5, 5.41) is 4.06. The largest absolute Gasteiger partial charge is 0.489 e. The van der Waals surface area contributed by atoms with E-state index in [1.165, 1.54) is 0 Å². The number of hydrogen-bond acceptors (Lipinski definition) is 6. The number of carbonyl (C=O) groups excluding carboxylic acids is 1. The summed E-state index contributed by atoms with van der Waals surface area (Å²) < 4.78 is 37.6. The average molecular weight is 471 g/mol. The molecule has 4 rings (SSSR count). The number of aromatic nitrogens is 3. The van der Waals surface area contributed by atoms with E-state index in [0.29, 0.717) is 18.5 Å². The fourth-order valence-corrected chi connectivity index (χ4v) is 4.03. The van der Waals surface area contributed by atoms with Gasteiger partial charge in [0.25, 0.3) is 6.43 Å². The third kappa shape index (κ3) is 6.09. The van der Waals surface area contributed by atoms with Crippen LogP contribution in [0, 0.1) is 0 Å². The van der Waals surface area contributed by atoms with Crippen molar-refractivity contribution in [3.63, 3.8) is 0 Å². The molecule has 1 aliphatic rings. The first-order chi connectivity index (χ1) is 16.4. The Bertz CT molecular complexity index is 1100. The Morgan fingerprint density at radius 1 is 1.24 bits per heavy atom. The molecular formula is C25H28F2N4O3. The number of hydrogen-bond donors (Lipinski definition) is 0. The maximum Gasteiger partial charge on any atom is 0.272 e. The van der Waals surface area contributed by atoms with Gasteiger partial charge in [0.2, 0.25) is 5.88 Å². The van der Waals surface area contributed by atoms with Crippen LogP contribution in [-0.4, -0.2) is 52.8 Å². The standard InChI is InChI=1S/C25H28F2N4O3/c1-17(11-23(32)19-13-29-30(2)14-19)18-3-5-21(6-4-18)34-22-8-10-31(15-22)20-7-9-28-25(12-20)33-16-24(26)27/h3-7,9,12-14,17,22,24H,8,10-11,15-16H2,1-2H3/t17-,22?/m1/s1. The number of halogens is 2. The predicted octanol–water partition coefficient (Wildman–Crippen LogP) is 4.49. The lowest BCUT2D eigenvalue weighted by molar-refractivity contribution is 0.0796. The lowest BCUT2D eigenvalue weighted by Crippen LogP contribution is -2.24. The Kier molecular flexibility index (Phi) is 7.40. The number of pyridine rings is 1. The summed E-state index contributed by atoms with van der Waals surface area (Å²) in [7, 11) is 1.79. The number of ketones is 1. The number of Topliss-reactive ketones (excluding diaryl/α,β-unsaturated/α-hetero) is 1. The van der Waals surface area contributed by atoms with Crippen LogP contribution < -0.4 is 14.4 Å². The fraction of sp³-hybridized carbons (Fsp3) is 0.400. The van der Waals surface area contributed by atoms with E-state index < -0.39 is 13.0 Å². The monoisotopic (exact) mass is 470 g/mol. The first kappa shape index (κ1) is 23.7. The van der Waals surface area contributed by atoms with E-state index in [-0.39, 0.29) is 23.7 Å². The van der Waals surface area contributed by atoms with Crippen molar-refractivity contribution >= 4 is 11.5 Å². The third-order valence-corrected chi connectivity index (χ3v) is 5.86. The quantitative estimate of drug-likeness (QED) is 0.407. The fourth-order valence-electron chi connectivity index (χ4n) is 4.03. The highest BCUT2D eigenvalue weighted by Crippen LogP contribution is 2.27. The molecule has 0 radical (unpaired) electrons. The van der Waals surface area contributed by atoms with Gasteiger partial charge in [-0.05, 0) is 29.7 Å². The summed E-state index contributed by atoms with van der Waals surface area (Å²) in [5.74, 6) is 1.12. The summed E-state index contributed by atoms with van der Waals surface area (Å²) in [6.45, 7) is 2.83. The summed E-state index contributed by atoms with van der Waals surface area (Å²) in [6, 6.07) is 11.4. The second-order valence-corrected chi connectivity index (χ2v) is 8.53. The first-order valence-electron chi connectivity index (χ1n) is 11.3. The molecule has 9 heteroatoms. The van der Waals surface area contributed by atoms with Crippen molar-refractivity contribution in [2.24, 2.45) is 7.05 Å². The maximum absolute atomic E-state index is 12.4. The molecule has 34 heavy (non-hydrogen) atoms. The Morgan fingerprint density at radius 3 is 2.74 bits per heavy atom. The highest BCUT2D eigenvalue weighted by Gasteiger charge is 2.25. The minimum Gasteiger partial charge on any atom is -0.489 e. The zero-order valence-electron chi connectivity index (χ0n) is 19.2. The van der Waals surface area contributed by atoms with Crippen molar-refractivity contribution in [3.05, 3.63) is 66.1 Å². The van der Waals surface area contributed by atoms with Gasteiger partial charge in [0, 0.05) is 50.6 Å². The van der Waals surface area contributed by atoms with Gasteiger partial charge >= 0.3 is 0 Å².